The minimum Gasteiger partial charge on any atom is -0.496 e. The number of carbonyl (C=O) groups is 1. The Kier molecular flexibility index (Phi) is 5.14. The molecule has 0 aliphatic heterocycles. The van der Waals surface area contributed by atoms with Crippen molar-refractivity contribution in [3.63, 3.8) is 0 Å². The number of aryl methyl sites for hydroxylation is 2. The Morgan fingerprint density at radius 2 is 1.75 bits per heavy atom. The summed E-state index contributed by atoms with van der Waals surface area (Å²) in [6.07, 6.45) is 0. The third-order valence-corrected chi connectivity index (χ3v) is 5.09. The minimum absolute atomic E-state index is 0.0138. The van der Waals surface area contributed by atoms with E-state index in [4.69, 9.17) is 4.74 Å². The lowest BCUT2D eigenvalue weighted by atomic mass is 10.1. The van der Waals surface area contributed by atoms with Crippen LogP contribution in [0.1, 0.15) is 21.5 Å². The Morgan fingerprint density at radius 1 is 1.04 bits per heavy atom. The summed E-state index contributed by atoms with van der Waals surface area (Å²) in [5, 5.41) is 2.46. The maximum Gasteiger partial charge on any atom is 0.261 e. The van der Waals surface area contributed by atoms with Crippen LogP contribution in [0.5, 0.6) is 5.75 Å². The van der Waals surface area contributed by atoms with Gasteiger partial charge in [0, 0.05) is 12.7 Å². The van der Waals surface area contributed by atoms with Crippen molar-refractivity contribution in [1.82, 2.24) is 5.32 Å². The molecule has 0 spiro atoms. The zero-order chi connectivity index (χ0) is 17.9. The van der Waals surface area contributed by atoms with Gasteiger partial charge in [-0.3, -0.25) is 9.52 Å². The highest BCUT2D eigenvalue weighted by atomic mass is 32.2. The van der Waals surface area contributed by atoms with Crippen molar-refractivity contribution >= 4 is 21.6 Å². The molecule has 0 radical (unpaired) electrons. The third-order valence-electron chi connectivity index (χ3n) is 3.71. The maximum absolute atomic E-state index is 12.6. The molecule has 2 aromatic carbocycles. The number of anilines is 1. The molecule has 0 heterocycles. The molecule has 0 saturated carbocycles. The van der Waals surface area contributed by atoms with Crippen LogP contribution < -0.4 is 14.8 Å². The van der Waals surface area contributed by atoms with Crippen LogP contribution in [0.4, 0.5) is 5.69 Å². The summed E-state index contributed by atoms with van der Waals surface area (Å²) >= 11 is 0. The van der Waals surface area contributed by atoms with Gasteiger partial charge in [-0.15, -0.1) is 0 Å². The lowest BCUT2D eigenvalue weighted by Crippen LogP contribution is -2.20. The van der Waals surface area contributed by atoms with Gasteiger partial charge in [0.05, 0.1) is 17.6 Å². The highest BCUT2D eigenvalue weighted by molar-refractivity contribution is 7.92. The molecule has 0 atom stereocenters. The van der Waals surface area contributed by atoms with Gasteiger partial charge < -0.3 is 10.1 Å². The van der Waals surface area contributed by atoms with Gasteiger partial charge in [0.15, 0.2) is 0 Å². The summed E-state index contributed by atoms with van der Waals surface area (Å²) in [7, 11) is -0.929. The van der Waals surface area contributed by atoms with Crippen molar-refractivity contribution in [1.29, 1.82) is 0 Å². The average molecular weight is 348 g/mol. The Morgan fingerprint density at radius 3 is 2.33 bits per heavy atom. The van der Waals surface area contributed by atoms with E-state index in [0.29, 0.717) is 11.4 Å². The van der Waals surface area contributed by atoms with Crippen molar-refractivity contribution in [2.24, 2.45) is 0 Å². The predicted molar refractivity (Wildman–Crippen MR) is 93.1 cm³/mol. The van der Waals surface area contributed by atoms with Crippen LogP contribution in [0.15, 0.2) is 41.3 Å². The van der Waals surface area contributed by atoms with Crippen LogP contribution in [0.3, 0.4) is 0 Å². The quantitative estimate of drug-likeness (QED) is 0.869. The van der Waals surface area contributed by atoms with Crippen LogP contribution >= 0.6 is 0 Å². The largest absolute Gasteiger partial charge is 0.496 e. The number of methoxy groups -OCH3 is 1. The van der Waals surface area contributed by atoms with Gasteiger partial charge >= 0.3 is 0 Å². The molecule has 0 unspecified atom stereocenters. The van der Waals surface area contributed by atoms with Gasteiger partial charge in [0.1, 0.15) is 5.75 Å². The number of carbonyl (C=O) groups excluding carboxylic acids is 1. The molecule has 2 aromatic rings. The zero-order valence-corrected chi connectivity index (χ0v) is 14.8. The van der Waals surface area contributed by atoms with E-state index in [9.17, 15) is 13.2 Å². The molecular formula is C17H20N2O4S. The summed E-state index contributed by atoms with van der Waals surface area (Å²) < 4.78 is 32.8. The standard InChI is InChI=1S/C17H20N2O4S/c1-11-5-6-13(9-12(11)2)19-24(21,22)14-7-8-16(23-4)15(10-14)17(20)18-3/h5-10,19H,1-4H3,(H,18,20). The molecule has 0 aliphatic rings. The molecule has 0 aromatic heterocycles. The van der Waals surface area contributed by atoms with E-state index in [0.717, 1.165) is 11.1 Å². The van der Waals surface area contributed by atoms with Crippen molar-refractivity contribution < 1.29 is 17.9 Å². The predicted octanol–water partition coefficient (Wildman–Crippen LogP) is 2.47. The molecule has 0 bridgehead atoms. The fraction of sp³-hybridized carbons (Fsp3) is 0.235. The first-order chi connectivity index (χ1) is 11.3. The molecule has 24 heavy (non-hydrogen) atoms. The van der Waals surface area contributed by atoms with Gasteiger partial charge in [-0.05, 0) is 55.3 Å². The number of amides is 1. The van der Waals surface area contributed by atoms with Crippen molar-refractivity contribution in [2.75, 3.05) is 18.9 Å². The van der Waals surface area contributed by atoms with E-state index in [1.807, 2.05) is 19.9 Å². The molecule has 2 N–H and O–H groups in total. The first-order valence-electron chi connectivity index (χ1n) is 7.28. The van der Waals surface area contributed by atoms with Gasteiger partial charge in [-0.25, -0.2) is 8.42 Å². The van der Waals surface area contributed by atoms with E-state index in [-0.39, 0.29) is 10.5 Å². The summed E-state index contributed by atoms with van der Waals surface area (Å²) in [6.45, 7) is 3.86. The molecule has 128 valence electrons. The summed E-state index contributed by atoms with van der Waals surface area (Å²) in [5.41, 5.74) is 2.68. The third kappa shape index (κ3) is 3.68. The van der Waals surface area contributed by atoms with Crippen molar-refractivity contribution in [2.45, 2.75) is 18.7 Å². The SMILES string of the molecule is CNC(=O)c1cc(S(=O)(=O)Nc2ccc(C)c(C)c2)ccc1OC. The number of hydrogen-bond acceptors (Lipinski definition) is 4. The van der Waals surface area contributed by atoms with E-state index in [1.165, 1.54) is 32.4 Å². The number of hydrogen-bond donors (Lipinski definition) is 2. The fourth-order valence-corrected chi connectivity index (χ4v) is 3.26. The maximum atomic E-state index is 12.6. The molecule has 0 fully saturated rings. The number of sulfonamides is 1. The summed E-state index contributed by atoms with van der Waals surface area (Å²) in [4.78, 5) is 11.9. The first-order valence-corrected chi connectivity index (χ1v) is 8.77. The Labute approximate surface area is 141 Å². The lowest BCUT2D eigenvalue weighted by molar-refractivity contribution is 0.0960. The second-order valence-electron chi connectivity index (χ2n) is 5.35. The van der Waals surface area contributed by atoms with E-state index < -0.39 is 15.9 Å². The summed E-state index contributed by atoms with van der Waals surface area (Å²) in [6, 6.07) is 9.45. The second kappa shape index (κ2) is 6.92. The smallest absolute Gasteiger partial charge is 0.261 e. The number of nitrogens with one attached hydrogen (secondary N) is 2. The van der Waals surface area contributed by atoms with Crippen molar-refractivity contribution in [3.05, 3.63) is 53.1 Å². The zero-order valence-electron chi connectivity index (χ0n) is 14.0. The summed E-state index contributed by atoms with van der Waals surface area (Å²) in [5.74, 6) is -0.116. The Balaban J connectivity index is 2.41. The normalized spacial score (nSPS) is 11.0. The second-order valence-corrected chi connectivity index (χ2v) is 7.03. The highest BCUT2D eigenvalue weighted by Crippen LogP contribution is 2.24. The number of benzene rings is 2. The first kappa shape index (κ1) is 17.8. The molecule has 1 amide bonds. The fourth-order valence-electron chi connectivity index (χ4n) is 2.19. The van der Waals surface area contributed by atoms with E-state index in [2.05, 4.69) is 10.0 Å². The Bertz CT molecular complexity index is 876. The number of rotatable bonds is 5. The van der Waals surface area contributed by atoms with Crippen LogP contribution in [0, 0.1) is 13.8 Å². The Hall–Kier alpha value is -2.54. The molecule has 2 rings (SSSR count). The molecule has 7 heteroatoms. The monoisotopic (exact) mass is 348 g/mol. The average Bonchev–Trinajstić information content (AvgIpc) is 2.56. The molecule has 0 aliphatic carbocycles. The highest BCUT2D eigenvalue weighted by Gasteiger charge is 2.19. The van der Waals surface area contributed by atoms with Gasteiger partial charge in [0.25, 0.3) is 15.9 Å². The molecule has 0 saturated heterocycles. The van der Waals surface area contributed by atoms with Crippen LogP contribution in [0.2, 0.25) is 0 Å². The van der Waals surface area contributed by atoms with Gasteiger partial charge in [-0.2, -0.15) is 0 Å². The topological polar surface area (TPSA) is 84.5 Å². The molecular weight excluding hydrogens is 328 g/mol. The van der Waals surface area contributed by atoms with Gasteiger partial charge in [-0.1, -0.05) is 6.07 Å². The van der Waals surface area contributed by atoms with Crippen molar-refractivity contribution in [3.8, 4) is 5.75 Å². The van der Waals surface area contributed by atoms with Crippen LogP contribution in [-0.4, -0.2) is 28.5 Å². The van der Waals surface area contributed by atoms with E-state index in [1.54, 1.807) is 12.1 Å². The van der Waals surface area contributed by atoms with Crippen LogP contribution in [-0.2, 0) is 10.0 Å². The lowest BCUT2D eigenvalue weighted by Gasteiger charge is -2.12. The minimum atomic E-state index is -3.82. The number of ether oxygens (including phenoxy) is 1. The van der Waals surface area contributed by atoms with E-state index >= 15 is 0 Å². The van der Waals surface area contributed by atoms with Crippen LogP contribution in [0.25, 0.3) is 0 Å². The molecule has 6 nitrogen and oxygen atoms in total. The van der Waals surface area contributed by atoms with Gasteiger partial charge in [0.2, 0.25) is 0 Å².